The van der Waals surface area contributed by atoms with E-state index in [1.165, 1.54) is 13.0 Å². The van der Waals surface area contributed by atoms with Crippen LogP contribution in [0.5, 0.6) is 0 Å². The number of hydrogen-bond donors (Lipinski definition) is 2. The van der Waals surface area contributed by atoms with E-state index in [2.05, 4.69) is 9.82 Å². The number of aromatic amines is 1. The molecule has 3 rings (SSSR count). The van der Waals surface area contributed by atoms with Gasteiger partial charge in [-0.25, -0.2) is 31.5 Å². The maximum absolute atomic E-state index is 14.7. The molecule has 31 heavy (non-hydrogen) atoms. The Bertz CT molecular complexity index is 1280. The minimum atomic E-state index is -4.86. The van der Waals surface area contributed by atoms with Gasteiger partial charge in [-0.1, -0.05) is 24.6 Å². The number of halogens is 4. The molecule has 166 valence electrons. The smallest absolute Gasteiger partial charge is 0.391 e. The summed E-state index contributed by atoms with van der Waals surface area (Å²) in [6.07, 6.45) is 0. The van der Waals surface area contributed by atoms with Gasteiger partial charge in [-0.3, -0.25) is 0 Å². The maximum atomic E-state index is 14.7. The summed E-state index contributed by atoms with van der Waals surface area (Å²) >= 11 is 5.56. The van der Waals surface area contributed by atoms with Gasteiger partial charge in [-0.05, 0) is 48.7 Å². The van der Waals surface area contributed by atoms with Gasteiger partial charge >= 0.3 is 5.76 Å². The zero-order valence-electron chi connectivity index (χ0n) is 16.5. The molecule has 0 bridgehead atoms. The van der Waals surface area contributed by atoms with Crippen LogP contribution in [0.2, 0.25) is 5.02 Å². The Morgan fingerprint density at radius 3 is 2.29 bits per heavy atom. The second kappa shape index (κ2) is 8.48. The molecule has 0 aliphatic rings. The monoisotopic (exact) mass is 475 g/mol. The second-order valence-electron chi connectivity index (χ2n) is 6.94. The SMILES string of the molecule is Cc1ccc(F)c([C@@H](C)[C@H](NS(=O)(=O)c2c(F)cc(Cl)cc2F)c2n[nH]c(=O)o2)c1C. The third-order valence-corrected chi connectivity index (χ3v) is 6.63. The Balaban J connectivity index is 2.14. The van der Waals surface area contributed by atoms with Gasteiger partial charge in [0.1, 0.15) is 23.5 Å². The van der Waals surface area contributed by atoms with E-state index >= 15 is 0 Å². The molecule has 12 heteroatoms. The molecule has 0 saturated heterocycles. The van der Waals surface area contributed by atoms with Gasteiger partial charge in [-0.2, -0.15) is 4.72 Å². The van der Waals surface area contributed by atoms with Gasteiger partial charge in [0.15, 0.2) is 4.90 Å². The van der Waals surface area contributed by atoms with Gasteiger partial charge in [0.25, 0.3) is 0 Å². The van der Waals surface area contributed by atoms with Crippen molar-refractivity contribution in [2.45, 2.75) is 37.6 Å². The summed E-state index contributed by atoms with van der Waals surface area (Å²) in [6.45, 7) is 4.83. The lowest BCUT2D eigenvalue weighted by molar-refractivity contribution is 0.375. The molecule has 0 spiro atoms. The lowest BCUT2D eigenvalue weighted by atomic mass is 9.88. The van der Waals surface area contributed by atoms with E-state index in [1.54, 1.807) is 19.9 Å². The number of sulfonamides is 1. The van der Waals surface area contributed by atoms with Crippen LogP contribution in [0.3, 0.4) is 0 Å². The van der Waals surface area contributed by atoms with E-state index in [1.807, 2.05) is 5.10 Å². The molecule has 0 saturated carbocycles. The van der Waals surface area contributed by atoms with Crippen LogP contribution in [0, 0.1) is 31.3 Å². The van der Waals surface area contributed by atoms with Gasteiger partial charge in [0, 0.05) is 10.9 Å². The van der Waals surface area contributed by atoms with Crippen LogP contribution in [-0.4, -0.2) is 18.6 Å². The molecule has 0 amide bonds. The van der Waals surface area contributed by atoms with Crippen molar-refractivity contribution in [1.82, 2.24) is 14.9 Å². The fourth-order valence-corrected chi connectivity index (χ4v) is 4.86. The summed E-state index contributed by atoms with van der Waals surface area (Å²) in [5.41, 5.74) is 1.37. The summed E-state index contributed by atoms with van der Waals surface area (Å²) in [4.78, 5) is 10.2. The number of nitrogens with one attached hydrogen (secondary N) is 2. The Morgan fingerprint density at radius 1 is 1.13 bits per heavy atom. The molecule has 2 N–H and O–H groups in total. The standard InChI is InChI=1S/C19H17ClF3N3O4S/c1-8-4-5-12(21)15(9(8)2)10(3)16(18-24-25-19(27)30-18)26-31(28,29)17-13(22)6-11(20)7-14(17)23/h4-7,10,16,26H,1-3H3,(H,25,27)/t10-,16+/m1/s1. The highest BCUT2D eigenvalue weighted by molar-refractivity contribution is 7.89. The molecule has 0 aliphatic heterocycles. The van der Waals surface area contributed by atoms with Crippen molar-refractivity contribution in [3.05, 3.63) is 79.9 Å². The fourth-order valence-electron chi connectivity index (χ4n) is 3.28. The van der Waals surface area contributed by atoms with Crippen molar-refractivity contribution in [2.75, 3.05) is 0 Å². The molecule has 1 heterocycles. The third kappa shape index (κ3) is 4.53. The highest BCUT2D eigenvalue weighted by atomic mass is 35.5. The fraction of sp³-hybridized carbons (Fsp3) is 0.263. The first kappa shape index (κ1) is 23.0. The van der Waals surface area contributed by atoms with Crippen LogP contribution in [0.1, 0.15) is 41.5 Å². The Hall–Kier alpha value is -2.63. The molecule has 0 unspecified atom stereocenters. The molecule has 0 fully saturated rings. The minimum Gasteiger partial charge on any atom is -0.391 e. The summed E-state index contributed by atoms with van der Waals surface area (Å²) in [5.74, 6) is -5.90. The van der Waals surface area contributed by atoms with Gasteiger partial charge in [-0.15, -0.1) is 5.10 Å². The number of aromatic nitrogens is 2. The van der Waals surface area contributed by atoms with E-state index < -0.39 is 56.0 Å². The third-order valence-electron chi connectivity index (χ3n) is 4.92. The normalized spacial score (nSPS) is 13.9. The van der Waals surface area contributed by atoms with E-state index in [0.717, 1.165) is 5.56 Å². The summed E-state index contributed by atoms with van der Waals surface area (Å²) < 4.78 is 75.9. The summed E-state index contributed by atoms with van der Waals surface area (Å²) in [7, 11) is -4.86. The van der Waals surface area contributed by atoms with Crippen LogP contribution >= 0.6 is 11.6 Å². The van der Waals surface area contributed by atoms with Crippen molar-refractivity contribution in [1.29, 1.82) is 0 Å². The first-order chi connectivity index (χ1) is 14.4. The topological polar surface area (TPSA) is 105 Å². The zero-order valence-corrected chi connectivity index (χ0v) is 18.0. The minimum absolute atomic E-state index is 0.121. The number of aryl methyl sites for hydroxylation is 1. The van der Waals surface area contributed by atoms with Gasteiger partial charge in [0.2, 0.25) is 15.9 Å². The van der Waals surface area contributed by atoms with Crippen LogP contribution < -0.4 is 10.5 Å². The molecule has 0 radical (unpaired) electrons. The average Bonchev–Trinajstić information content (AvgIpc) is 3.08. The quantitative estimate of drug-likeness (QED) is 0.563. The van der Waals surface area contributed by atoms with Crippen LogP contribution in [-0.2, 0) is 10.0 Å². The number of H-pyrrole nitrogens is 1. The van der Waals surface area contributed by atoms with Crippen molar-refractivity contribution >= 4 is 21.6 Å². The molecular weight excluding hydrogens is 459 g/mol. The number of benzene rings is 2. The first-order valence-electron chi connectivity index (χ1n) is 8.90. The highest BCUT2D eigenvalue weighted by Gasteiger charge is 2.35. The molecule has 3 aromatic rings. The van der Waals surface area contributed by atoms with E-state index in [4.69, 9.17) is 16.0 Å². The van der Waals surface area contributed by atoms with Crippen molar-refractivity contribution < 1.29 is 26.0 Å². The maximum Gasteiger partial charge on any atom is 0.434 e. The van der Waals surface area contributed by atoms with Crippen LogP contribution in [0.4, 0.5) is 13.2 Å². The molecule has 0 aliphatic carbocycles. The molecule has 2 aromatic carbocycles. The van der Waals surface area contributed by atoms with E-state index in [0.29, 0.717) is 17.7 Å². The molecule has 7 nitrogen and oxygen atoms in total. The lowest BCUT2D eigenvalue weighted by Gasteiger charge is -2.25. The Kier molecular flexibility index (Phi) is 6.30. The molecule has 2 atom stereocenters. The van der Waals surface area contributed by atoms with Crippen LogP contribution in [0.25, 0.3) is 0 Å². The van der Waals surface area contributed by atoms with Crippen LogP contribution in [0.15, 0.2) is 38.4 Å². The predicted octanol–water partition coefficient (Wildman–Crippen LogP) is 3.87. The predicted molar refractivity (Wildman–Crippen MR) is 106 cm³/mol. The van der Waals surface area contributed by atoms with E-state index in [9.17, 15) is 26.4 Å². The summed E-state index contributed by atoms with van der Waals surface area (Å²) in [5, 5.41) is 5.27. The number of rotatable bonds is 6. The van der Waals surface area contributed by atoms with Gasteiger partial charge < -0.3 is 4.42 Å². The van der Waals surface area contributed by atoms with E-state index in [-0.39, 0.29) is 10.6 Å². The molecular formula is C19H17ClF3N3O4S. The van der Waals surface area contributed by atoms with Crippen molar-refractivity contribution in [3.63, 3.8) is 0 Å². The first-order valence-corrected chi connectivity index (χ1v) is 10.8. The zero-order chi connectivity index (χ0) is 23.1. The summed E-state index contributed by atoms with van der Waals surface area (Å²) in [6, 6.07) is 2.55. The second-order valence-corrected chi connectivity index (χ2v) is 9.03. The lowest BCUT2D eigenvalue weighted by Crippen LogP contribution is -2.34. The van der Waals surface area contributed by atoms with Gasteiger partial charge in [0.05, 0.1) is 0 Å². The van der Waals surface area contributed by atoms with Crippen molar-refractivity contribution in [3.8, 4) is 0 Å². The highest BCUT2D eigenvalue weighted by Crippen LogP contribution is 2.36. The Morgan fingerprint density at radius 2 is 1.74 bits per heavy atom. The number of nitrogens with zero attached hydrogens (tertiary/aromatic N) is 1. The average molecular weight is 476 g/mol. The Labute approximate surface area is 180 Å². The van der Waals surface area contributed by atoms with Crippen molar-refractivity contribution in [2.24, 2.45) is 0 Å². The number of hydrogen-bond acceptors (Lipinski definition) is 5. The largest absolute Gasteiger partial charge is 0.434 e. The molecule has 1 aromatic heterocycles.